The zero-order valence-electron chi connectivity index (χ0n) is 24.7. The van der Waals surface area contributed by atoms with Gasteiger partial charge in [0.05, 0.1) is 43.6 Å². The number of para-hydroxylation sites is 1. The molecule has 4 rings (SSSR count). The first-order valence-electron chi connectivity index (χ1n) is 13.8. The van der Waals surface area contributed by atoms with Gasteiger partial charge in [-0.1, -0.05) is 24.3 Å². The lowest BCUT2D eigenvalue weighted by molar-refractivity contribution is -0.131. The summed E-state index contributed by atoms with van der Waals surface area (Å²) in [5.41, 5.74) is 4.12. The highest BCUT2D eigenvalue weighted by Crippen LogP contribution is 2.29. The number of ether oxygens (including phenoxy) is 3. The summed E-state index contributed by atoms with van der Waals surface area (Å²) in [5.74, 6) is 0.641. The minimum Gasteiger partial charge on any atom is -0.495 e. The van der Waals surface area contributed by atoms with Gasteiger partial charge >= 0.3 is 12.0 Å². The number of carbonyl (C=O) groups excluding carboxylic acids is 3. The highest BCUT2D eigenvalue weighted by atomic mass is 16.5. The lowest BCUT2D eigenvalue weighted by Gasteiger charge is -2.25. The number of methoxy groups -OCH3 is 2. The van der Waals surface area contributed by atoms with Crippen LogP contribution in [0.1, 0.15) is 34.3 Å². The third-order valence-electron chi connectivity index (χ3n) is 7.45. The Labute approximate surface area is 246 Å². The van der Waals surface area contributed by atoms with Gasteiger partial charge in [-0.15, -0.1) is 0 Å². The van der Waals surface area contributed by atoms with Crippen LogP contribution in [0.25, 0.3) is 0 Å². The van der Waals surface area contributed by atoms with Gasteiger partial charge in [0.15, 0.2) is 0 Å². The summed E-state index contributed by atoms with van der Waals surface area (Å²) in [7, 11) is 6.31. The smallest absolute Gasteiger partial charge is 0.339 e. The number of benzene rings is 3. The van der Waals surface area contributed by atoms with E-state index in [1.807, 2.05) is 42.2 Å². The first-order valence-corrected chi connectivity index (χ1v) is 13.8. The molecule has 1 aliphatic heterocycles. The van der Waals surface area contributed by atoms with E-state index in [9.17, 15) is 14.4 Å². The predicted octanol–water partition coefficient (Wildman–Crippen LogP) is 5.11. The summed E-state index contributed by atoms with van der Waals surface area (Å²) in [6.07, 6.45) is 1.93. The largest absolute Gasteiger partial charge is 0.495 e. The quantitative estimate of drug-likeness (QED) is 0.324. The zero-order chi connectivity index (χ0) is 30.2. The molecular formula is C32H38N4O6. The molecule has 10 heteroatoms. The van der Waals surface area contributed by atoms with Crippen LogP contribution >= 0.6 is 0 Å². The van der Waals surface area contributed by atoms with Gasteiger partial charge in [-0.05, 0) is 61.2 Å². The first kappa shape index (κ1) is 30.2. The van der Waals surface area contributed by atoms with Gasteiger partial charge in [0, 0.05) is 32.4 Å². The van der Waals surface area contributed by atoms with Crippen LogP contribution in [-0.4, -0.2) is 70.3 Å². The van der Waals surface area contributed by atoms with E-state index >= 15 is 0 Å². The SMILES string of the molecule is CNc1cc(OCC2CCCN2C(=O)Cc2ccc(NC(=O)N(C)c3ccccc3C)c(OC)c2)ccc1C(=O)OC. The topological polar surface area (TPSA) is 109 Å². The molecule has 3 aromatic rings. The fourth-order valence-corrected chi connectivity index (χ4v) is 5.11. The zero-order valence-corrected chi connectivity index (χ0v) is 24.7. The summed E-state index contributed by atoms with van der Waals surface area (Å²) < 4.78 is 16.4. The molecule has 3 aromatic carbocycles. The van der Waals surface area contributed by atoms with Crippen LogP contribution in [0.4, 0.5) is 21.9 Å². The Kier molecular flexibility index (Phi) is 9.90. The van der Waals surface area contributed by atoms with Crippen LogP contribution in [0.3, 0.4) is 0 Å². The van der Waals surface area contributed by atoms with Crippen molar-refractivity contribution in [2.75, 3.05) is 57.0 Å². The third kappa shape index (κ3) is 6.94. The molecular weight excluding hydrogens is 536 g/mol. The maximum absolute atomic E-state index is 13.3. The number of anilines is 3. The molecule has 10 nitrogen and oxygen atoms in total. The van der Waals surface area contributed by atoms with Gasteiger partial charge in [0.2, 0.25) is 5.91 Å². The monoisotopic (exact) mass is 574 g/mol. The van der Waals surface area contributed by atoms with E-state index in [0.29, 0.717) is 41.6 Å². The molecule has 1 unspecified atom stereocenters. The number of esters is 1. The average Bonchev–Trinajstić information content (AvgIpc) is 3.49. The molecule has 1 atom stereocenters. The van der Waals surface area contributed by atoms with E-state index in [1.165, 1.54) is 14.2 Å². The fraction of sp³-hybridized carbons (Fsp3) is 0.344. The van der Waals surface area contributed by atoms with Crippen LogP contribution in [-0.2, 0) is 16.0 Å². The van der Waals surface area contributed by atoms with Gasteiger partial charge in [-0.25, -0.2) is 9.59 Å². The molecule has 0 saturated carbocycles. The molecule has 1 aliphatic rings. The summed E-state index contributed by atoms with van der Waals surface area (Å²) >= 11 is 0. The minimum atomic E-state index is -0.430. The van der Waals surface area contributed by atoms with E-state index < -0.39 is 5.97 Å². The van der Waals surface area contributed by atoms with E-state index in [0.717, 1.165) is 29.7 Å². The van der Waals surface area contributed by atoms with Crippen LogP contribution in [0, 0.1) is 6.92 Å². The third-order valence-corrected chi connectivity index (χ3v) is 7.45. The molecule has 3 amide bonds. The van der Waals surface area contributed by atoms with Crippen LogP contribution < -0.4 is 25.0 Å². The number of amides is 3. The van der Waals surface area contributed by atoms with Gasteiger partial charge in [-0.3, -0.25) is 9.69 Å². The predicted molar refractivity (Wildman–Crippen MR) is 163 cm³/mol. The molecule has 1 heterocycles. The molecule has 42 heavy (non-hydrogen) atoms. The number of hydrogen-bond donors (Lipinski definition) is 2. The van der Waals surface area contributed by atoms with Crippen molar-refractivity contribution < 1.29 is 28.6 Å². The highest BCUT2D eigenvalue weighted by molar-refractivity contribution is 6.02. The van der Waals surface area contributed by atoms with Crippen molar-refractivity contribution in [3.63, 3.8) is 0 Å². The Morgan fingerprint density at radius 2 is 1.81 bits per heavy atom. The van der Waals surface area contributed by atoms with E-state index in [1.54, 1.807) is 49.3 Å². The Morgan fingerprint density at radius 3 is 2.52 bits per heavy atom. The van der Waals surface area contributed by atoms with Crippen molar-refractivity contribution in [2.45, 2.75) is 32.2 Å². The maximum Gasteiger partial charge on any atom is 0.339 e. The highest BCUT2D eigenvalue weighted by Gasteiger charge is 2.29. The van der Waals surface area contributed by atoms with Crippen molar-refractivity contribution in [1.29, 1.82) is 0 Å². The molecule has 0 spiro atoms. The molecule has 0 bridgehead atoms. The van der Waals surface area contributed by atoms with Crippen LogP contribution in [0.15, 0.2) is 60.7 Å². The molecule has 2 N–H and O–H groups in total. The number of urea groups is 1. The lowest BCUT2D eigenvalue weighted by atomic mass is 10.1. The molecule has 0 aromatic heterocycles. The van der Waals surface area contributed by atoms with E-state index in [4.69, 9.17) is 14.2 Å². The number of nitrogens with zero attached hydrogens (tertiary/aromatic N) is 2. The summed E-state index contributed by atoms with van der Waals surface area (Å²) in [6.45, 7) is 2.95. The summed E-state index contributed by atoms with van der Waals surface area (Å²) in [6, 6.07) is 17.8. The van der Waals surface area contributed by atoms with E-state index in [-0.39, 0.29) is 24.4 Å². The number of hydrogen-bond acceptors (Lipinski definition) is 7. The Morgan fingerprint density at radius 1 is 1.02 bits per heavy atom. The molecule has 1 fully saturated rings. The number of carbonyl (C=O) groups is 3. The van der Waals surface area contributed by atoms with Gasteiger partial charge in [0.25, 0.3) is 0 Å². The van der Waals surface area contributed by atoms with Gasteiger partial charge in [0.1, 0.15) is 18.1 Å². The maximum atomic E-state index is 13.3. The van der Waals surface area contributed by atoms with Crippen molar-refractivity contribution in [2.24, 2.45) is 0 Å². The second-order valence-electron chi connectivity index (χ2n) is 10.1. The van der Waals surface area contributed by atoms with Crippen LogP contribution in [0.5, 0.6) is 11.5 Å². The Hall–Kier alpha value is -4.73. The second kappa shape index (κ2) is 13.8. The van der Waals surface area contributed by atoms with Gasteiger partial charge < -0.3 is 29.7 Å². The Balaban J connectivity index is 1.38. The summed E-state index contributed by atoms with van der Waals surface area (Å²) in [5, 5.41) is 5.89. The lowest BCUT2D eigenvalue weighted by Crippen LogP contribution is -2.39. The standard InChI is InChI=1S/C32H38N4O6/c1-21-9-6-7-11-28(21)35(3)32(39)34-26-15-12-22(17-29(26)40-4)18-30(37)36-16-8-10-23(36)20-42-24-13-14-25(31(38)41-5)27(19-24)33-2/h6-7,9,11-15,17,19,23,33H,8,10,16,18,20H2,1-5H3,(H,34,39). The second-order valence-corrected chi connectivity index (χ2v) is 10.1. The first-order chi connectivity index (χ1) is 20.2. The number of rotatable bonds is 10. The van der Waals surface area contributed by atoms with Gasteiger partial charge in [-0.2, -0.15) is 0 Å². The normalized spacial score (nSPS) is 14.2. The molecule has 0 aliphatic carbocycles. The van der Waals surface area contributed by atoms with Crippen molar-refractivity contribution >= 4 is 35.0 Å². The van der Waals surface area contributed by atoms with Crippen molar-refractivity contribution in [3.05, 3.63) is 77.4 Å². The van der Waals surface area contributed by atoms with Crippen molar-refractivity contribution in [1.82, 2.24) is 4.90 Å². The molecule has 1 saturated heterocycles. The van der Waals surface area contributed by atoms with E-state index in [2.05, 4.69) is 10.6 Å². The number of aryl methyl sites for hydroxylation is 1. The fourth-order valence-electron chi connectivity index (χ4n) is 5.11. The number of nitrogens with one attached hydrogen (secondary N) is 2. The van der Waals surface area contributed by atoms with Crippen molar-refractivity contribution in [3.8, 4) is 11.5 Å². The summed E-state index contributed by atoms with van der Waals surface area (Å²) in [4.78, 5) is 41.6. The number of likely N-dealkylation sites (tertiary alicyclic amines) is 1. The Bertz CT molecular complexity index is 1440. The molecule has 0 radical (unpaired) electrons. The minimum absolute atomic E-state index is 0.00354. The average molecular weight is 575 g/mol. The van der Waals surface area contributed by atoms with Crippen LogP contribution in [0.2, 0.25) is 0 Å². The molecule has 222 valence electrons.